The van der Waals surface area contributed by atoms with Crippen LogP contribution in [-0.2, 0) is 11.2 Å². The van der Waals surface area contributed by atoms with Gasteiger partial charge < -0.3 is 14.9 Å². The van der Waals surface area contributed by atoms with Crippen LogP contribution < -0.4 is 4.74 Å². The molecule has 116 valence electrons. The Balaban J connectivity index is 2.40. The van der Waals surface area contributed by atoms with Crippen molar-refractivity contribution in [2.24, 2.45) is 0 Å². The van der Waals surface area contributed by atoms with Crippen LogP contribution >= 0.6 is 0 Å². The smallest absolute Gasteiger partial charge is 0.311 e. The van der Waals surface area contributed by atoms with E-state index < -0.39 is 11.9 Å². The quantitative estimate of drug-likeness (QED) is 0.888. The molecule has 0 radical (unpaired) electrons. The number of carboxylic acids is 1. The molecule has 0 saturated heterocycles. The van der Waals surface area contributed by atoms with Crippen molar-refractivity contribution in [1.29, 1.82) is 0 Å². The summed E-state index contributed by atoms with van der Waals surface area (Å²) in [4.78, 5) is 11.7. The molecule has 2 rings (SSSR count). The zero-order chi connectivity index (χ0) is 16.3. The molecule has 4 nitrogen and oxygen atoms in total. The Morgan fingerprint density at radius 3 is 2.55 bits per heavy atom. The molecule has 0 aliphatic carbocycles. The minimum atomic E-state index is -0.908. The molecule has 1 unspecified atom stereocenters. The summed E-state index contributed by atoms with van der Waals surface area (Å²) in [5.74, 6) is -1.27. The Kier molecular flexibility index (Phi) is 4.71. The number of phenolic OH excluding ortho intramolecular Hbond substituents is 1. The van der Waals surface area contributed by atoms with Crippen LogP contribution in [0.3, 0.4) is 0 Å². The summed E-state index contributed by atoms with van der Waals surface area (Å²) in [7, 11) is 1.47. The van der Waals surface area contributed by atoms with Gasteiger partial charge in [0, 0.05) is 0 Å². The molecule has 2 N–H and O–H groups in total. The Morgan fingerprint density at radius 1 is 1.23 bits per heavy atom. The Morgan fingerprint density at radius 2 is 1.95 bits per heavy atom. The second-order valence-corrected chi connectivity index (χ2v) is 5.42. The van der Waals surface area contributed by atoms with Gasteiger partial charge >= 0.3 is 5.97 Å². The maximum atomic E-state index is 11.7. The van der Waals surface area contributed by atoms with Gasteiger partial charge in [-0.2, -0.15) is 0 Å². The molecule has 1 atom stereocenters. The second-order valence-electron chi connectivity index (χ2n) is 5.42. The molecular formula is C18H20O4. The third kappa shape index (κ3) is 3.22. The van der Waals surface area contributed by atoms with Crippen molar-refractivity contribution in [2.45, 2.75) is 26.2 Å². The molecule has 0 aromatic heterocycles. The van der Waals surface area contributed by atoms with Gasteiger partial charge in [-0.15, -0.1) is 0 Å². The summed E-state index contributed by atoms with van der Waals surface area (Å²) in [5, 5.41) is 19.7. The number of hydrogen-bond donors (Lipinski definition) is 2. The van der Waals surface area contributed by atoms with Crippen molar-refractivity contribution < 1.29 is 19.7 Å². The maximum absolute atomic E-state index is 11.7. The number of rotatable bonds is 5. The zero-order valence-corrected chi connectivity index (χ0v) is 13.0. The standard InChI is InChI=1S/C18H20O4/c1-11-7-8-14(12(2)9-11)15(18(20)21)10-13-5-4-6-16(22-3)17(13)19/h4-9,15,19H,10H2,1-3H3,(H,20,21). The minimum absolute atomic E-state index is 0.000940. The topological polar surface area (TPSA) is 66.8 Å². The molecule has 4 heteroatoms. The maximum Gasteiger partial charge on any atom is 0.311 e. The van der Waals surface area contributed by atoms with Gasteiger partial charge in [0.25, 0.3) is 0 Å². The Bertz CT molecular complexity index is 691. The minimum Gasteiger partial charge on any atom is -0.504 e. The number of phenols is 1. The van der Waals surface area contributed by atoms with Crippen LogP contribution in [0.5, 0.6) is 11.5 Å². The number of aryl methyl sites for hydroxylation is 2. The van der Waals surface area contributed by atoms with Crippen LogP contribution in [0, 0.1) is 13.8 Å². The zero-order valence-electron chi connectivity index (χ0n) is 13.0. The molecule has 0 aliphatic rings. The molecule has 22 heavy (non-hydrogen) atoms. The highest BCUT2D eigenvalue weighted by molar-refractivity contribution is 5.77. The van der Waals surface area contributed by atoms with Crippen LogP contribution in [0.15, 0.2) is 36.4 Å². The molecule has 0 bridgehead atoms. The van der Waals surface area contributed by atoms with E-state index in [1.54, 1.807) is 18.2 Å². The number of para-hydroxylation sites is 1. The fourth-order valence-electron chi connectivity index (χ4n) is 2.66. The lowest BCUT2D eigenvalue weighted by atomic mass is 9.88. The highest BCUT2D eigenvalue weighted by Crippen LogP contribution is 2.34. The van der Waals surface area contributed by atoms with Crippen molar-refractivity contribution in [3.05, 3.63) is 58.7 Å². The van der Waals surface area contributed by atoms with E-state index in [9.17, 15) is 15.0 Å². The first-order valence-electron chi connectivity index (χ1n) is 7.08. The van der Waals surface area contributed by atoms with E-state index in [1.807, 2.05) is 32.0 Å². The van der Waals surface area contributed by atoms with Gasteiger partial charge in [0.1, 0.15) is 0 Å². The second kappa shape index (κ2) is 6.52. The van der Waals surface area contributed by atoms with Crippen LogP contribution in [0.25, 0.3) is 0 Å². The first kappa shape index (κ1) is 15.9. The number of hydrogen-bond acceptors (Lipinski definition) is 3. The fraction of sp³-hybridized carbons (Fsp3) is 0.278. The van der Waals surface area contributed by atoms with Crippen molar-refractivity contribution >= 4 is 5.97 Å². The average Bonchev–Trinajstić information content (AvgIpc) is 2.47. The Labute approximate surface area is 130 Å². The molecule has 2 aromatic rings. The summed E-state index contributed by atoms with van der Waals surface area (Å²) < 4.78 is 5.08. The lowest BCUT2D eigenvalue weighted by Gasteiger charge is -2.17. The van der Waals surface area contributed by atoms with Gasteiger partial charge in [-0.05, 0) is 43.0 Å². The summed E-state index contributed by atoms with van der Waals surface area (Å²) in [5.41, 5.74) is 3.36. The third-order valence-electron chi connectivity index (χ3n) is 3.83. The number of methoxy groups -OCH3 is 1. The van der Waals surface area contributed by atoms with Gasteiger partial charge in [0.2, 0.25) is 0 Å². The molecule has 2 aromatic carbocycles. The van der Waals surface area contributed by atoms with Gasteiger partial charge in [-0.1, -0.05) is 35.9 Å². The predicted octanol–water partition coefficient (Wildman–Crippen LogP) is 3.43. The van der Waals surface area contributed by atoms with Crippen molar-refractivity contribution in [2.75, 3.05) is 7.11 Å². The van der Waals surface area contributed by atoms with E-state index in [0.29, 0.717) is 11.3 Å². The number of benzene rings is 2. The first-order chi connectivity index (χ1) is 10.4. The average molecular weight is 300 g/mol. The molecule has 0 amide bonds. The lowest BCUT2D eigenvalue weighted by Crippen LogP contribution is -2.16. The van der Waals surface area contributed by atoms with Crippen LogP contribution in [-0.4, -0.2) is 23.3 Å². The molecular weight excluding hydrogens is 280 g/mol. The highest BCUT2D eigenvalue weighted by atomic mass is 16.5. The van der Waals surface area contributed by atoms with E-state index in [-0.39, 0.29) is 12.2 Å². The third-order valence-corrected chi connectivity index (χ3v) is 3.83. The Hall–Kier alpha value is -2.49. The van der Waals surface area contributed by atoms with Crippen LogP contribution in [0.1, 0.15) is 28.2 Å². The van der Waals surface area contributed by atoms with Gasteiger partial charge in [0.05, 0.1) is 13.0 Å². The number of aromatic hydroxyl groups is 1. The van der Waals surface area contributed by atoms with Gasteiger partial charge in [-0.3, -0.25) is 4.79 Å². The number of carboxylic acid groups (broad SMARTS) is 1. The van der Waals surface area contributed by atoms with Gasteiger partial charge in [0.15, 0.2) is 11.5 Å². The molecule has 0 aliphatic heterocycles. The number of ether oxygens (including phenoxy) is 1. The van der Waals surface area contributed by atoms with E-state index in [1.165, 1.54) is 7.11 Å². The molecule has 0 heterocycles. The monoisotopic (exact) mass is 300 g/mol. The van der Waals surface area contributed by atoms with E-state index >= 15 is 0 Å². The predicted molar refractivity (Wildman–Crippen MR) is 84.7 cm³/mol. The first-order valence-corrected chi connectivity index (χ1v) is 7.08. The molecule has 0 saturated carbocycles. The summed E-state index contributed by atoms with van der Waals surface area (Å²) in [6, 6.07) is 10.8. The highest BCUT2D eigenvalue weighted by Gasteiger charge is 2.24. The van der Waals surface area contributed by atoms with Crippen molar-refractivity contribution in [3.63, 3.8) is 0 Å². The van der Waals surface area contributed by atoms with Crippen LogP contribution in [0.2, 0.25) is 0 Å². The summed E-state index contributed by atoms with van der Waals surface area (Å²) >= 11 is 0. The number of carbonyl (C=O) groups is 1. The normalized spacial score (nSPS) is 12.0. The number of aliphatic carboxylic acids is 1. The van der Waals surface area contributed by atoms with Gasteiger partial charge in [-0.25, -0.2) is 0 Å². The molecule has 0 spiro atoms. The van der Waals surface area contributed by atoms with E-state index in [4.69, 9.17) is 4.74 Å². The van der Waals surface area contributed by atoms with E-state index in [2.05, 4.69) is 0 Å². The summed E-state index contributed by atoms with van der Waals surface area (Å²) in [6.07, 6.45) is 0.211. The SMILES string of the molecule is COc1cccc(CC(C(=O)O)c2ccc(C)cc2C)c1O. The largest absolute Gasteiger partial charge is 0.504 e. The van der Waals surface area contributed by atoms with Crippen molar-refractivity contribution in [1.82, 2.24) is 0 Å². The molecule has 0 fully saturated rings. The fourth-order valence-corrected chi connectivity index (χ4v) is 2.66. The lowest BCUT2D eigenvalue weighted by molar-refractivity contribution is -0.138. The van der Waals surface area contributed by atoms with Crippen molar-refractivity contribution in [3.8, 4) is 11.5 Å². The van der Waals surface area contributed by atoms with E-state index in [0.717, 1.165) is 16.7 Å². The van der Waals surface area contributed by atoms with Crippen LogP contribution in [0.4, 0.5) is 0 Å². The summed E-state index contributed by atoms with van der Waals surface area (Å²) in [6.45, 7) is 3.88.